The van der Waals surface area contributed by atoms with Gasteiger partial charge in [0.1, 0.15) is 11.5 Å². The van der Waals surface area contributed by atoms with Crippen LogP contribution in [0.1, 0.15) is 23.6 Å². The van der Waals surface area contributed by atoms with Gasteiger partial charge in [0.15, 0.2) is 0 Å². The van der Waals surface area contributed by atoms with Crippen LogP contribution in [0.2, 0.25) is 0 Å². The summed E-state index contributed by atoms with van der Waals surface area (Å²) in [6, 6.07) is 11.1. The van der Waals surface area contributed by atoms with E-state index in [9.17, 15) is 13.2 Å². The number of para-hydroxylation sites is 1. The lowest BCUT2D eigenvalue weighted by Gasteiger charge is -2.15. The van der Waals surface area contributed by atoms with Crippen LogP contribution < -0.4 is 10.5 Å². The second-order valence-corrected chi connectivity index (χ2v) is 4.58. The maximum absolute atomic E-state index is 13.0. The molecule has 0 bridgehead atoms. The lowest BCUT2D eigenvalue weighted by molar-refractivity contribution is -0.138. The molecular formula is C16H16F3NO. The third kappa shape index (κ3) is 3.55. The van der Waals surface area contributed by atoms with E-state index < -0.39 is 11.7 Å². The highest BCUT2D eigenvalue weighted by atomic mass is 19.4. The predicted octanol–water partition coefficient (Wildman–Crippen LogP) is 4.52. The van der Waals surface area contributed by atoms with Gasteiger partial charge in [-0.05, 0) is 35.7 Å². The molecule has 0 saturated heterocycles. The smallest absolute Gasteiger partial charge is 0.416 e. The van der Waals surface area contributed by atoms with E-state index in [0.29, 0.717) is 5.75 Å². The molecule has 0 amide bonds. The number of hydrogen-bond acceptors (Lipinski definition) is 2. The SMILES string of the molecule is CCc1ccccc1Oc1ccc(CN)c(C(F)(F)F)c1. The van der Waals surface area contributed by atoms with Crippen molar-refractivity contribution in [1.82, 2.24) is 0 Å². The molecule has 0 spiro atoms. The summed E-state index contributed by atoms with van der Waals surface area (Å²) >= 11 is 0. The van der Waals surface area contributed by atoms with E-state index >= 15 is 0 Å². The number of nitrogens with two attached hydrogens (primary N) is 1. The first kappa shape index (κ1) is 15.4. The van der Waals surface area contributed by atoms with Crippen molar-refractivity contribution in [1.29, 1.82) is 0 Å². The zero-order valence-corrected chi connectivity index (χ0v) is 11.6. The Morgan fingerprint density at radius 2 is 1.76 bits per heavy atom. The monoisotopic (exact) mass is 295 g/mol. The molecule has 2 nitrogen and oxygen atoms in total. The van der Waals surface area contributed by atoms with Crippen molar-refractivity contribution in [3.63, 3.8) is 0 Å². The van der Waals surface area contributed by atoms with Crippen molar-refractivity contribution < 1.29 is 17.9 Å². The molecule has 0 unspecified atom stereocenters. The van der Waals surface area contributed by atoms with Gasteiger partial charge in [-0.1, -0.05) is 31.2 Å². The molecule has 0 aromatic heterocycles. The van der Waals surface area contributed by atoms with Crippen LogP contribution in [0.25, 0.3) is 0 Å². The van der Waals surface area contributed by atoms with Gasteiger partial charge >= 0.3 is 6.18 Å². The van der Waals surface area contributed by atoms with Crippen LogP contribution in [0.5, 0.6) is 11.5 Å². The van der Waals surface area contributed by atoms with Crippen LogP contribution in [0, 0.1) is 0 Å². The number of hydrogen-bond donors (Lipinski definition) is 1. The van der Waals surface area contributed by atoms with Gasteiger partial charge in [-0.25, -0.2) is 0 Å². The third-order valence-corrected chi connectivity index (χ3v) is 3.19. The maximum Gasteiger partial charge on any atom is 0.416 e. The summed E-state index contributed by atoms with van der Waals surface area (Å²) in [6.07, 6.45) is -3.71. The number of halogens is 3. The topological polar surface area (TPSA) is 35.2 Å². The third-order valence-electron chi connectivity index (χ3n) is 3.19. The van der Waals surface area contributed by atoms with Crippen LogP contribution in [0.4, 0.5) is 13.2 Å². The van der Waals surface area contributed by atoms with Gasteiger partial charge in [0, 0.05) is 6.54 Å². The zero-order chi connectivity index (χ0) is 15.5. The molecule has 2 rings (SSSR count). The summed E-state index contributed by atoms with van der Waals surface area (Å²) in [4.78, 5) is 0. The first-order valence-corrected chi connectivity index (χ1v) is 6.61. The van der Waals surface area contributed by atoms with E-state index in [1.165, 1.54) is 12.1 Å². The summed E-state index contributed by atoms with van der Waals surface area (Å²) in [6.45, 7) is 1.79. The molecule has 0 heterocycles. The summed E-state index contributed by atoms with van der Waals surface area (Å²) in [5, 5.41) is 0. The Hall–Kier alpha value is -2.01. The number of alkyl halides is 3. The second-order valence-electron chi connectivity index (χ2n) is 4.58. The van der Waals surface area contributed by atoms with Crippen LogP contribution in [-0.4, -0.2) is 0 Å². The molecule has 0 saturated carbocycles. The normalized spacial score (nSPS) is 11.5. The second kappa shape index (κ2) is 6.18. The minimum atomic E-state index is -4.45. The molecule has 21 heavy (non-hydrogen) atoms. The molecule has 0 radical (unpaired) electrons. The fourth-order valence-corrected chi connectivity index (χ4v) is 2.08. The molecule has 0 aliphatic rings. The summed E-state index contributed by atoms with van der Waals surface area (Å²) in [5.41, 5.74) is 5.59. The van der Waals surface area contributed by atoms with Gasteiger partial charge in [0.2, 0.25) is 0 Å². The van der Waals surface area contributed by atoms with Crippen molar-refractivity contribution in [3.8, 4) is 11.5 Å². The molecule has 2 N–H and O–H groups in total. The first-order chi connectivity index (χ1) is 9.95. The molecule has 0 aliphatic heterocycles. The van der Waals surface area contributed by atoms with E-state index in [1.54, 1.807) is 12.1 Å². The lowest BCUT2D eigenvalue weighted by Crippen LogP contribution is -2.12. The highest BCUT2D eigenvalue weighted by molar-refractivity contribution is 5.42. The average Bonchev–Trinajstić information content (AvgIpc) is 2.47. The Morgan fingerprint density at radius 3 is 2.38 bits per heavy atom. The summed E-state index contributed by atoms with van der Waals surface area (Å²) < 4.78 is 44.6. The van der Waals surface area contributed by atoms with E-state index in [0.717, 1.165) is 18.1 Å². The van der Waals surface area contributed by atoms with Crippen molar-refractivity contribution in [3.05, 3.63) is 59.2 Å². The van der Waals surface area contributed by atoms with Crippen molar-refractivity contribution in [2.45, 2.75) is 26.1 Å². The minimum Gasteiger partial charge on any atom is -0.457 e. The van der Waals surface area contributed by atoms with Gasteiger partial charge in [-0.15, -0.1) is 0 Å². The molecule has 5 heteroatoms. The highest BCUT2D eigenvalue weighted by Crippen LogP contribution is 2.36. The number of benzene rings is 2. The average molecular weight is 295 g/mol. The maximum atomic E-state index is 13.0. The number of aryl methyl sites for hydroxylation is 1. The molecule has 2 aromatic rings. The first-order valence-electron chi connectivity index (χ1n) is 6.61. The Balaban J connectivity index is 2.37. The lowest BCUT2D eigenvalue weighted by atomic mass is 10.1. The van der Waals surface area contributed by atoms with E-state index in [1.807, 2.05) is 19.1 Å². The Kier molecular flexibility index (Phi) is 4.53. The minimum absolute atomic E-state index is 0.0543. The summed E-state index contributed by atoms with van der Waals surface area (Å²) in [5.74, 6) is 0.717. The molecule has 0 fully saturated rings. The van der Waals surface area contributed by atoms with Crippen LogP contribution in [0.15, 0.2) is 42.5 Å². The quantitative estimate of drug-likeness (QED) is 0.900. The molecule has 0 aliphatic carbocycles. The fraction of sp³-hybridized carbons (Fsp3) is 0.250. The van der Waals surface area contributed by atoms with Gasteiger partial charge in [-0.2, -0.15) is 13.2 Å². The molecule has 0 atom stereocenters. The fourth-order valence-electron chi connectivity index (χ4n) is 2.08. The van der Waals surface area contributed by atoms with Crippen LogP contribution in [0.3, 0.4) is 0 Å². The van der Waals surface area contributed by atoms with Crippen molar-refractivity contribution in [2.75, 3.05) is 0 Å². The Labute approximate surface area is 121 Å². The summed E-state index contributed by atoms with van der Waals surface area (Å²) in [7, 11) is 0. The number of rotatable bonds is 4. The van der Waals surface area contributed by atoms with Crippen molar-refractivity contribution >= 4 is 0 Å². The van der Waals surface area contributed by atoms with Crippen molar-refractivity contribution in [2.24, 2.45) is 5.73 Å². The zero-order valence-electron chi connectivity index (χ0n) is 11.6. The van der Waals surface area contributed by atoms with Gasteiger partial charge in [0.25, 0.3) is 0 Å². The Morgan fingerprint density at radius 1 is 1.05 bits per heavy atom. The Bertz CT molecular complexity index is 623. The predicted molar refractivity (Wildman–Crippen MR) is 75.2 cm³/mol. The van der Waals surface area contributed by atoms with Gasteiger partial charge in [-0.3, -0.25) is 0 Å². The molecule has 2 aromatic carbocycles. The van der Waals surface area contributed by atoms with E-state index in [-0.39, 0.29) is 17.9 Å². The number of ether oxygens (including phenoxy) is 1. The van der Waals surface area contributed by atoms with Crippen LogP contribution >= 0.6 is 0 Å². The van der Waals surface area contributed by atoms with Crippen LogP contribution in [-0.2, 0) is 19.1 Å². The van der Waals surface area contributed by atoms with E-state index in [2.05, 4.69) is 0 Å². The largest absolute Gasteiger partial charge is 0.457 e. The molecule has 112 valence electrons. The van der Waals surface area contributed by atoms with Gasteiger partial charge < -0.3 is 10.5 Å². The molecular weight excluding hydrogens is 279 g/mol. The van der Waals surface area contributed by atoms with E-state index in [4.69, 9.17) is 10.5 Å². The van der Waals surface area contributed by atoms with Gasteiger partial charge in [0.05, 0.1) is 5.56 Å². The standard InChI is InChI=1S/C16H16F3NO/c1-2-11-5-3-4-6-15(11)21-13-8-7-12(10-20)14(9-13)16(17,18)19/h3-9H,2,10,20H2,1H3. The highest BCUT2D eigenvalue weighted by Gasteiger charge is 2.33.